The summed E-state index contributed by atoms with van der Waals surface area (Å²) >= 11 is 0. The maximum Gasteiger partial charge on any atom is 0.251 e. The van der Waals surface area contributed by atoms with Gasteiger partial charge in [-0.3, -0.25) is 4.79 Å². The van der Waals surface area contributed by atoms with E-state index in [1.54, 1.807) is 12.1 Å². The zero-order valence-corrected chi connectivity index (χ0v) is 14.8. The number of rotatable bonds is 5. The Morgan fingerprint density at radius 2 is 1.42 bits per heavy atom. The van der Waals surface area contributed by atoms with E-state index < -0.39 is 10.0 Å². The van der Waals surface area contributed by atoms with E-state index in [9.17, 15) is 13.2 Å². The normalized spacial score (nSPS) is 12.9. The topological polar surface area (TPSA) is 89.3 Å². The van der Waals surface area contributed by atoms with Crippen molar-refractivity contribution in [3.63, 3.8) is 0 Å². The summed E-state index contributed by atoms with van der Waals surface area (Å²) in [4.78, 5) is 12.4. The van der Waals surface area contributed by atoms with Crippen LogP contribution in [0, 0.1) is 0 Å². The van der Waals surface area contributed by atoms with Gasteiger partial charge < -0.3 is 5.32 Å². The first-order valence-corrected chi connectivity index (χ1v) is 9.26. The van der Waals surface area contributed by atoms with Crippen LogP contribution in [0.1, 0.15) is 54.2 Å². The fraction of sp³-hybridized carbons (Fsp3) is 0.278. The van der Waals surface area contributed by atoms with Gasteiger partial charge >= 0.3 is 0 Å². The minimum Gasteiger partial charge on any atom is -0.346 e. The molecule has 2 aromatic carbocycles. The van der Waals surface area contributed by atoms with Crippen LogP contribution in [0.3, 0.4) is 0 Å². The van der Waals surface area contributed by atoms with E-state index in [2.05, 4.69) is 19.2 Å². The van der Waals surface area contributed by atoms with Crippen LogP contribution in [0.4, 0.5) is 0 Å². The summed E-state index contributed by atoms with van der Waals surface area (Å²) in [5.74, 6) is 0.242. The van der Waals surface area contributed by atoms with Crippen molar-refractivity contribution in [2.45, 2.75) is 37.6 Å². The lowest BCUT2D eigenvalue weighted by Gasteiger charge is -2.15. The SMILES string of the molecule is CC(C)c1ccc(C(=O)NC(C)c2ccc(S(N)(=O)=O)cc2)cc1. The molecule has 0 aliphatic heterocycles. The molecule has 1 unspecified atom stereocenters. The Hall–Kier alpha value is -2.18. The molecule has 0 aromatic heterocycles. The van der Waals surface area contributed by atoms with Gasteiger partial charge in [0, 0.05) is 5.56 Å². The number of carbonyl (C=O) groups excluding carboxylic acids is 1. The van der Waals surface area contributed by atoms with Crippen molar-refractivity contribution in [3.05, 3.63) is 65.2 Å². The summed E-state index contributed by atoms with van der Waals surface area (Å²) in [6, 6.07) is 13.4. The minimum absolute atomic E-state index is 0.0500. The third-order valence-corrected chi connectivity index (χ3v) is 4.83. The largest absolute Gasteiger partial charge is 0.346 e. The number of amides is 1. The zero-order valence-electron chi connectivity index (χ0n) is 14.0. The van der Waals surface area contributed by atoms with Gasteiger partial charge in [0.15, 0.2) is 0 Å². The van der Waals surface area contributed by atoms with Gasteiger partial charge in [0.25, 0.3) is 5.91 Å². The Kier molecular flexibility index (Phi) is 5.41. The van der Waals surface area contributed by atoms with Crippen LogP contribution >= 0.6 is 0 Å². The predicted molar refractivity (Wildman–Crippen MR) is 94.2 cm³/mol. The van der Waals surface area contributed by atoms with Gasteiger partial charge in [0.1, 0.15) is 0 Å². The lowest BCUT2D eigenvalue weighted by atomic mass is 10.0. The highest BCUT2D eigenvalue weighted by Gasteiger charge is 2.13. The first kappa shape index (κ1) is 18.2. The van der Waals surface area contributed by atoms with Crippen LogP contribution in [0.5, 0.6) is 0 Å². The second kappa shape index (κ2) is 7.15. The predicted octanol–water partition coefficient (Wildman–Crippen LogP) is 2.95. The number of hydrogen-bond donors (Lipinski definition) is 2. The molecule has 0 bridgehead atoms. The Bertz CT molecular complexity index is 810. The van der Waals surface area contributed by atoms with Gasteiger partial charge in [-0.25, -0.2) is 13.6 Å². The van der Waals surface area contributed by atoms with Crippen LogP contribution in [-0.4, -0.2) is 14.3 Å². The first-order chi connectivity index (χ1) is 11.2. The van der Waals surface area contributed by atoms with Crippen molar-refractivity contribution in [1.82, 2.24) is 5.32 Å². The summed E-state index contributed by atoms with van der Waals surface area (Å²) in [5.41, 5.74) is 2.57. The summed E-state index contributed by atoms with van der Waals surface area (Å²) in [6.45, 7) is 6.04. The van der Waals surface area contributed by atoms with Crippen molar-refractivity contribution in [3.8, 4) is 0 Å². The molecule has 0 saturated heterocycles. The lowest BCUT2D eigenvalue weighted by molar-refractivity contribution is 0.0940. The number of carbonyl (C=O) groups is 1. The van der Waals surface area contributed by atoms with Gasteiger partial charge in [-0.2, -0.15) is 0 Å². The van der Waals surface area contributed by atoms with Gasteiger partial charge in [-0.05, 0) is 48.2 Å². The summed E-state index contributed by atoms with van der Waals surface area (Å²) in [7, 11) is -3.71. The Morgan fingerprint density at radius 3 is 1.88 bits per heavy atom. The molecular weight excluding hydrogens is 324 g/mol. The molecule has 0 radical (unpaired) electrons. The van der Waals surface area contributed by atoms with Crippen molar-refractivity contribution in [2.75, 3.05) is 0 Å². The number of sulfonamides is 1. The van der Waals surface area contributed by atoms with E-state index >= 15 is 0 Å². The molecular formula is C18H22N2O3S. The molecule has 0 spiro atoms. The summed E-state index contributed by atoms with van der Waals surface area (Å²) < 4.78 is 22.5. The van der Waals surface area contributed by atoms with Crippen molar-refractivity contribution in [2.24, 2.45) is 5.14 Å². The number of nitrogens with one attached hydrogen (secondary N) is 1. The van der Waals surface area contributed by atoms with Crippen LogP contribution in [-0.2, 0) is 10.0 Å². The van der Waals surface area contributed by atoms with Crippen LogP contribution < -0.4 is 10.5 Å². The van der Waals surface area contributed by atoms with Gasteiger partial charge in [-0.1, -0.05) is 38.1 Å². The average molecular weight is 346 g/mol. The molecule has 2 rings (SSSR count). The molecule has 0 saturated carbocycles. The molecule has 1 atom stereocenters. The molecule has 0 heterocycles. The smallest absolute Gasteiger partial charge is 0.251 e. The fourth-order valence-electron chi connectivity index (χ4n) is 2.33. The van der Waals surface area contributed by atoms with Gasteiger partial charge in [0.2, 0.25) is 10.0 Å². The number of nitrogens with two attached hydrogens (primary N) is 1. The Morgan fingerprint density at radius 1 is 0.917 bits per heavy atom. The Balaban J connectivity index is 2.08. The molecule has 0 fully saturated rings. The third-order valence-electron chi connectivity index (χ3n) is 3.90. The zero-order chi connectivity index (χ0) is 17.9. The average Bonchev–Trinajstić information content (AvgIpc) is 2.54. The highest BCUT2D eigenvalue weighted by atomic mass is 32.2. The van der Waals surface area contributed by atoms with E-state index in [0.717, 1.165) is 5.56 Å². The molecule has 24 heavy (non-hydrogen) atoms. The van der Waals surface area contributed by atoms with E-state index in [1.807, 2.05) is 31.2 Å². The number of hydrogen-bond acceptors (Lipinski definition) is 3. The highest BCUT2D eigenvalue weighted by Crippen LogP contribution is 2.18. The third kappa shape index (κ3) is 4.43. The summed E-state index contributed by atoms with van der Waals surface area (Å²) in [6.07, 6.45) is 0. The fourth-order valence-corrected chi connectivity index (χ4v) is 2.84. The number of benzene rings is 2. The molecule has 128 valence electrons. The first-order valence-electron chi connectivity index (χ1n) is 7.72. The monoisotopic (exact) mass is 346 g/mol. The van der Waals surface area contributed by atoms with Crippen molar-refractivity contribution < 1.29 is 13.2 Å². The van der Waals surface area contributed by atoms with E-state index in [-0.39, 0.29) is 16.8 Å². The standard InChI is InChI=1S/C18H22N2O3S/c1-12(2)14-4-6-16(7-5-14)18(21)20-13(3)15-8-10-17(11-9-15)24(19,22)23/h4-13H,1-3H3,(H,20,21)(H2,19,22,23). The molecule has 3 N–H and O–H groups in total. The molecule has 6 heteroatoms. The van der Waals surface area contributed by atoms with Gasteiger partial charge in [-0.15, -0.1) is 0 Å². The van der Waals surface area contributed by atoms with Gasteiger partial charge in [0.05, 0.1) is 10.9 Å². The van der Waals surface area contributed by atoms with Crippen molar-refractivity contribution in [1.29, 1.82) is 0 Å². The van der Waals surface area contributed by atoms with Crippen LogP contribution in [0.25, 0.3) is 0 Å². The van der Waals surface area contributed by atoms with E-state index in [1.165, 1.54) is 17.7 Å². The molecule has 0 aliphatic rings. The second-order valence-electron chi connectivity index (χ2n) is 6.09. The number of primary sulfonamides is 1. The van der Waals surface area contributed by atoms with Crippen LogP contribution in [0.2, 0.25) is 0 Å². The minimum atomic E-state index is -3.71. The quantitative estimate of drug-likeness (QED) is 0.872. The maximum atomic E-state index is 12.3. The van der Waals surface area contributed by atoms with Crippen molar-refractivity contribution >= 4 is 15.9 Å². The van der Waals surface area contributed by atoms with E-state index in [4.69, 9.17) is 5.14 Å². The highest BCUT2D eigenvalue weighted by molar-refractivity contribution is 7.89. The summed E-state index contributed by atoms with van der Waals surface area (Å²) in [5, 5.41) is 7.98. The lowest BCUT2D eigenvalue weighted by Crippen LogP contribution is -2.26. The molecule has 0 aliphatic carbocycles. The molecule has 5 nitrogen and oxygen atoms in total. The molecule has 1 amide bonds. The van der Waals surface area contributed by atoms with Crippen LogP contribution in [0.15, 0.2) is 53.4 Å². The second-order valence-corrected chi connectivity index (χ2v) is 7.65. The Labute approximate surface area is 142 Å². The van der Waals surface area contributed by atoms with E-state index in [0.29, 0.717) is 11.5 Å². The maximum absolute atomic E-state index is 12.3. The molecule has 2 aromatic rings.